The minimum Gasteiger partial charge on any atom is -0.449 e. The lowest BCUT2D eigenvalue weighted by atomic mass is 10.1. The van der Waals surface area contributed by atoms with Crippen LogP contribution in [0.25, 0.3) is 0 Å². The van der Waals surface area contributed by atoms with Gasteiger partial charge >= 0.3 is 6.09 Å². The monoisotopic (exact) mass is 269 g/mol. The van der Waals surface area contributed by atoms with Crippen molar-refractivity contribution in [2.75, 3.05) is 24.7 Å². The number of anilines is 1. The predicted octanol–water partition coefficient (Wildman–Crippen LogP) is 2.60. The maximum Gasteiger partial charge on any atom is 0.414 e. The first-order valence-electron chi connectivity index (χ1n) is 5.93. The molecule has 0 saturated carbocycles. The maximum atomic E-state index is 11.7. The second-order valence-corrected chi connectivity index (χ2v) is 4.91. The first-order valence-corrected chi connectivity index (χ1v) is 6.31. The van der Waals surface area contributed by atoms with Crippen LogP contribution in [0.1, 0.15) is 12.0 Å². The second-order valence-electron chi connectivity index (χ2n) is 4.50. The number of aryl methyl sites for hydroxylation is 1. The fraction of sp³-hybridized carbons (Fsp3) is 0.462. The van der Waals surface area contributed by atoms with Crippen LogP contribution in [0.2, 0.25) is 5.02 Å². The number of aliphatic hydroxyl groups excluding tert-OH is 1. The van der Waals surface area contributed by atoms with E-state index in [-0.39, 0.29) is 18.6 Å². The molecule has 1 N–H and O–H groups in total. The normalized spacial score (nSPS) is 19.8. The zero-order chi connectivity index (χ0) is 13.1. The number of hydrogen-bond acceptors (Lipinski definition) is 3. The van der Waals surface area contributed by atoms with Gasteiger partial charge in [-0.25, -0.2) is 4.79 Å². The van der Waals surface area contributed by atoms with E-state index in [0.29, 0.717) is 24.6 Å². The Hall–Kier alpha value is -1.26. The Labute approximate surface area is 111 Å². The molecule has 18 heavy (non-hydrogen) atoms. The molecule has 1 heterocycles. The summed E-state index contributed by atoms with van der Waals surface area (Å²) in [7, 11) is 0. The molecule has 98 valence electrons. The lowest BCUT2D eigenvalue weighted by Gasteiger charge is -2.32. The number of benzene rings is 1. The van der Waals surface area contributed by atoms with Crippen molar-refractivity contribution in [2.45, 2.75) is 13.3 Å². The molecule has 1 aliphatic heterocycles. The first-order chi connectivity index (χ1) is 8.61. The van der Waals surface area contributed by atoms with E-state index >= 15 is 0 Å². The van der Waals surface area contributed by atoms with Gasteiger partial charge in [0.25, 0.3) is 0 Å². The van der Waals surface area contributed by atoms with Gasteiger partial charge in [0.15, 0.2) is 0 Å². The van der Waals surface area contributed by atoms with Crippen molar-refractivity contribution in [2.24, 2.45) is 5.92 Å². The summed E-state index contributed by atoms with van der Waals surface area (Å²) < 4.78 is 5.11. The van der Waals surface area contributed by atoms with Crippen molar-refractivity contribution >= 4 is 23.4 Å². The van der Waals surface area contributed by atoms with E-state index in [1.807, 2.05) is 19.1 Å². The number of hydrogen-bond donors (Lipinski definition) is 1. The molecule has 1 unspecified atom stereocenters. The van der Waals surface area contributed by atoms with E-state index in [2.05, 4.69) is 0 Å². The summed E-state index contributed by atoms with van der Waals surface area (Å²) >= 11 is 6.06. The van der Waals surface area contributed by atoms with E-state index in [0.717, 1.165) is 11.3 Å². The van der Waals surface area contributed by atoms with Gasteiger partial charge in [-0.15, -0.1) is 0 Å². The van der Waals surface area contributed by atoms with Crippen molar-refractivity contribution in [3.05, 3.63) is 28.8 Å². The average Bonchev–Trinajstić information content (AvgIpc) is 2.35. The van der Waals surface area contributed by atoms with Gasteiger partial charge in [0.1, 0.15) is 0 Å². The second kappa shape index (κ2) is 5.59. The standard InChI is InChI=1S/C13H16ClNO3/c1-9-2-3-11(6-12(9)14)15-7-10(4-5-16)8-18-13(15)17/h2-3,6,10,16H,4-5,7-8H2,1H3. The zero-order valence-electron chi connectivity index (χ0n) is 10.2. The lowest BCUT2D eigenvalue weighted by molar-refractivity contribution is 0.104. The van der Waals surface area contributed by atoms with Gasteiger partial charge in [0.2, 0.25) is 0 Å². The van der Waals surface area contributed by atoms with Crippen LogP contribution in [-0.4, -0.2) is 31.0 Å². The van der Waals surface area contributed by atoms with E-state index < -0.39 is 0 Å². The third-order valence-corrected chi connectivity index (χ3v) is 3.52. The van der Waals surface area contributed by atoms with Gasteiger partial charge in [-0.05, 0) is 31.0 Å². The fourth-order valence-corrected chi connectivity index (χ4v) is 2.14. The van der Waals surface area contributed by atoms with Crippen molar-refractivity contribution in [3.63, 3.8) is 0 Å². The summed E-state index contributed by atoms with van der Waals surface area (Å²) in [5.74, 6) is 0.160. The number of ether oxygens (including phenoxy) is 1. The molecule has 2 rings (SSSR count). The summed E-state index contributed by atoms with van der Waals surface area (Å²) in [6.07, 6.45) is 0.271. The smallest absolute Gasteiger partial charge is 0.414 e. The number of cyclic esters (lactones) is 1. The number of rotatable bonds is 3. The van der Waals surface area contributed by atoms with Crippen LogP contribution in [0.4, 0.5) is 10.5 Å². The quantitative estimate of drug-likeness (QED) is 0.918. The van der Waals surface area contributed by atoms with Gasteiger partial charge < -0.3 is 9.84 Å². The average molecular weight is 270 g/mol. The minimum atomic E-state index is -0.357. The lowest BCUT2D eigenvalue weighted by Crippen LogP contribution is -2.43. The molecule has 0 bridgehead atoms. The predicted molar refractivity (Wildman–Crippen MR) is 70.1 cm³/mol. The Kier molecular flexibility index (Phi) is 4.09. The zero-order valence-corrected chi connectivity index (χ0v) is 11.0. The number of carbonyl (C=O) groups is 1. The molecule has 1 aromatic carbocycles. The molecule has 1 fully saturated rings. The van der Waals surface area contributed by atoms with E-state index in [4.69, 9.17) is 21.4 Å². The first kappa shape index (κ1) is 13.2. The summed E-state index contributed by atoms with van der Waals surface area (Å²) in [6.45, 7) is 2.94. The Bertz CT molecular complexity index is 450. The topological polar surface area (TPSA) is 49.8 Å². The molecule has 1 atom stereocenters. The molecule has 5 heteroatoms. The van der Waals surface area contributed by atoms with Gasteiger partial charge in [-0.1, -0.05) is 17.7 Å². The van der Waals surface area contributed by atoms with Crippen LogP contribution in [0.15, 0.2) is 18.2 Å². The van der Waals surface area contributed by atoms with Crippen LogP contribution in [-0.2, 0) is 4.74 Å². The highest BCUT2D eigenvalue weighted by Crippen LogP contribution is 2.26. The van der Waals surface area contributed by atoms with Crippen LogP contribution >= 0.6 is 11.6 Å². The Morgan fingerprint density at radius 2 is 2.33 bits per heavy atom. The van der Waals surface area contributed by atoms with E-state index in [9.17, 15) is 4.79 Å². The fourth-order valence-electron chi connectivity index (χ4n) is 1.97. The molecule has 1 amide bonds. The van der Waals surface area contributed by atoms with Crippen molar-refractivity contribution in [3.8, 4) is 0 Å². The molecule has 0 radical (unpaired) electrons. The summed E-state index contributed by atoms with van der Waals surface area (Å²) in [5, 5.41) is 9.57. The Morgan fingerprint density at radius 3 is 3.00 bits per heavy atom. The number of halogens is 1. The molecule has 1 aromatic rings. The summed E-state index contributed by atoms with van der Waals surface area (Å²) in [5.41, 5.74) is 1.70. The molecular formula is C13H16ClNO3. The van der Waals surface area contributed by atoms with Gasteiger partial charge in [-0.3, -0.25) is 4.90 Å². The number of aliphatic hydroxyl groups is 1. The summed E-state index contributed by atoms with van der Waals surface area (Å²) in [4.78, 5) is 13.3. The van der Waals surface area contributed by atoms with Crippen molar-refractivity contribution in [1.82, 2.24) is 0 Å². The van der Waals surface area contributed by atoms with Gasteiger partial charge in [-0.2, -0.15) is 0 Å². The molecule has 1 aliphatic rings. The van der Waals surface area contributed by atoms with E-state index in [1.54, 1.807) is 11.0 Å². The van der Waals surface area contributed by atoms with Crippen molar-refractivity contribution in [1.29, 1.82) is 0 Å². The van der Waals surface area contributed by atoms with Gasteiger partial charge in [0.05, 0.1) is 6.61 Å². The highest BCUT2D eigenvalue weighted by atomic mass is 35.5. The number of carbonyl (C=O) groups excluding carboxylic acids is 1. The highest BCUT2D eigenvalue weighted by molar-refractivity contribution is 6.31. The van der Waals surface area contributed by atoms with Gasteiger partial charge in [0, 0.05) is 29.8 Å². The maximum absolute atomic E-state index is 11.7. The van der Waals surface area contributed by atoms with Crippen LogP contribution in [0.3, 0.4) is 0 Å². The Morgan fingerprint density at radius 1 is 1.56 bits per heavy atom. The highest BCUT2D eigenvalue weighted by Gasteiger charge is 2.28. The largest absolute Gasteiger partial charge is 0.449 e. The molecule has 0 spiro atoms. The van der Waals surface area contributed by atoms with Crippen LogP contribution in [0.5, 0.6) is 0 Å². The number of amides is 1. The van der Waals surface area contributed by atoms with E-state index in [1.165, 1.54) is 0 Å². The third-order valence-electron chi connectivity index (χ3n) is 3.11. The minimum absolute atomic E-state index is 0.102. The molecule has 4 nitrogen and oxygen atoms in total. The molecular weight excluding hydrogens is 254 g/mol. The Balaban J connectivity index is 2.18. The number of nitrogens with zero attached hydrogens (tertiary/aromatic N) is 1. The summed E-state index contributed by atoms with van der Waals surface area (Å²) in [6, 6.07) is 5.49. The third kappa shape index (κ3) is 2.76. The molecule has 1 saturated heterocycles. The van der Waals surface area contributed by atoms with Crippen LogP contribution in [0, 0.1) is 12.8 Å². The SMILES string of the molecule is Cc1ccc(N2CC(CCO)COC2=O)cc1Cl. The molecule has 0 aromatic heterocycles. The van der Waals surface area contributed by atoms with Crippen LogP contribution < -0.4 is 4.90 Å². The van der Waals surface area contributed by atoms with Crippen molar-refractivity contribution < 1.29 is 14.6 Å². The molecule has 0 aliphatic carbocycles.